The van der Waals surface area contributed by atoms with E-state index in [1.54, 1.807) is 6.07 Å². The Kier molecular flexibility index (Phi) is 2.17. The normalized spacial score (nSPS) is 10.4. The molecule has 6 nitrogen and oxygen atoms in total. The van der Waals surface area contributed by atoms with Gasteiger partial charge in [-0.25, -0.2) is 0 Å². The summed E-state index contributed by atoms with van der Waals surface area (Å²) in [6.07, 6.45) is 2.78. The van der Waals surface area contributed by atoms with Gasteiger partial charge in [0.15, 0.2) is 11.1 Å². The zero-order valence-corrected chi connectivity index (χ0v) is 7.73. The third kappa shape index (κ3) is 1.69. The average Bonchev–Trinajstić information content (AvgIpc) is 2.22. The summed E-state index contributed by atoms with van der Waals surface area (Å²) in [5, 5.41) is 7.78. The van der Waals surface area contributed by atoms with Crippen LogP contribution in [0.4, 0.5) is 0 Å². The molecule has 0 aliphatic heterocycles. The Bertz CT molecular complexity index is 576. The van der Waals surface area contributed by atoms with Crippen molar-refractivity contribution in [2.24, 2.45) is 5.73 Å². The van der Waals surface area contributed by atoms with Crippen LogP contribution in [0.2, 0.25) is 0 Å². The Balaban J connectivity index is 2.65. The zero-order chi connectivity index (χ0) is 10.8. The number of pyridine rings is 1. The van der Waals surface area contributed by atoms with E-state index in [1.165, 1.54) is 12.4 Å². The van der Waals surface area contributed by atoms with E-state index in [9.17, 15) is 9.59 Å². The molecule has 6 heteroatoms. The number of aromatic nitrogens is 3. The number of amides is 1. The Morgan fingerprint density at radius 2 is 2.33 bits per heavy atom. The number of nitrogens with one attached hydrogen (secondary N) is 1. The molecule has 0 saturated heterocycles. The van der Waals surface area contributed by atoms with E-state index in [0.717, 1.165) is 0 Å². The smallest absolute Gasteiger partial charge is 0.222 e. The largest absolute Gasteiger partial charge is 0.369 e. The maximum Gasteiger partial charge on any atom is 0.222 e. The number of carbonyl (C=O) groups is 1. The monoisotopic (exact) mass is 204 g/mol. The fourth-order valence-electron chi connectivity index (χ4n) is 1.33. The third-order valence-corrected chi connectivity index (χ3v) is 2.00. The number of aromatic amines is 1. The summed E-state index contributed by atoms with van der Waals surface area (Å²) in [5.41, 5.74) is 5.51. The molecule has 0 bridgehead atoms. The van der Waals surface area contributed by atoms with Crippen molar-refractivity contribution in [3.63, 3.8) is 0 Å². The van der Waals surface area contributed by atoms with E-state index < -0.39 is 5.91 Å². The standard InChI is InChI=1S/C9H8N4O2/c10-7(14)3-5-4-11-9-6(8(5)15)1-2-12-13-9/h1-2,4H,3H2,(H2,10,14)(H,11,13,15). The Morgan fingerprint density at radius 3 is 3.07 bits per heavy atom. The number of hydrogen-bond acceptors (Lipinski definition) is 4. The Hall–Kier alpha value is -2.24. The van der Waals surface area contributed by atoms with Crippen molar-refractivity contribution >= 4 is 16.9 Å². The van der Waals surface area contributed by atoms with E-state index in [0.29, 0.717) is 16.6 Å². The van der Waals surface area contributed by atoms with Crippen molar-refractivity contribution in [2.45, 2.75) is 6.42 Å². The maximum atomic E-state index is 11.8. The van der Waals surface area contributed by atoms with Crippen molar-refractivity contribution in [2.75, 3.05) is 0 Å². The van der Waals surface area contributed by atoms with Gasteiger partial charge >= 0.3 is 0 Å². The zero-order valence-electron chi connectivity index (χ0n) is 7.73. The number of fused-ring (bicyclic) bond motifs is 1. The van der Waals surface area contributed by atoms with Gasteiger partial charge in [0.05, 0.1) is 18.0 Å². The minimum Gasteiger partial charge on any atom is -0.369 e. The van der Waals surface area contributed by atoms with E-state index >= 15 is 0 Å². The Labute approximate surface area is 84.1 Å². The summed E-state index contributed by atoms with van der Waals surface area (Å²) in [6.45, 7) is 0. The average molecular weight is 204 g/mol. The van der Waals surface area contributed by atoms with Gasteiger partial charge in [0, 0.05) is 11.8 Å². The molecular weight excluding hydrogens is 196 g/mol. The fraction of sp³-hybridized carbons (Fsp3) is 0.111. The van der Waals surface area contributed by atoms with Crippen molar-refractivity contribution in [3.05, 3.63) is 34.2 Å². The predicted octanol–water partition coefficient (Wildman–Crippen LogP) is -0.654. The molecule has 2 heterocycles. The number of carbonyl (C=O) groups excluding carboxylic acids is 1. The molecule has 3 N–H and O–H groups in total. The van der Waals surface area contributed by atoms with Crippen LogP contribution < -0.4 is 11.2 Å². The van der Waals surface area contributed by atoms with Gasteiger partial charge in [-0.1, -0.05) is 0 Å². The van der Waals surface area contributed by atoms with E-state index in [4.69, 9.17) is 5.73 Å². The first-order valence-electron chi connectivity index (χ1n) is 4.29. The molecule has 0 atom stereocenters. The van der Waals surface area contributed by atoms with Crippen LogP contribution in [0.3, 0.4) is 0 Å². The number of rotatable bonds is 2. The second-order valence-corrected chi connectivity index (χ2v) is 3.08. The quantitative estimate of drug-likeness (QED) is 0.678. The van der Waals surface area contributed by atoms with Gasteiger partial charge in [0.1, 0.15) is 0 Å². The number of hydrogen-bond donors (Lipinski definition) is 2. The molecule has 0 saturated carbocycles. The summed E-state index contributed by atoms with van der Waals surface area (Å²) in [7, 11) is 0. The van der Waals surface area contributed by atoms with E-state index in [1.807, 2.05) is 0 Å². The number of nitrogens with zero attached hydrogens (tertiary/aromatic N) is 2. The summed E-state index contributed by atoms with van der Waals surface area (Å²) < 4.78 is 0. The SMILES string of the molecule is NC(=O)Cc1c[nH]c2nnccc2c1=O. The Morgan fingerprint density at radius 1 is 1.53 bits per heavy atom. The molecule has 0 aliphatic rings. The van der Waals surface area contributed by atoms with Crippen LogP contribution in [-0.4, -0.2) is 21.1 Å². The highest BCUT2D eigenvalue weighted by Crippen LogP contribution is 2.02. The summed E-state index contributed by atoms with van der Waals surface area (Å²) in [4.78, 5) is 25.3. The van der Waals surface area contributed by atoms with Gasteiger partial charge in [-0.3, -0.25) is 9.59 Å². The van der Waals surface area contributed by atoms with Crippen LogP contribution in [0.5, 0.6) is 0 Å². The van der Waals surface area contributed by atoms with Crippen molar-refractivity contribution < 1.29 is 4.79 Å². The van der Waals surface area contributed by atoms with Gasteiger partial charge in [0.2, 0.25) is 5.91 Å². The molecule has 0 aromatic carbocycles. The number of nitrogens with two attached hydrogens (primary N) is 1. The van der Waals surface area contributed by atoms with Gasteiger partial charge in [-0.2, -0.15) is 5.10 Å². The molecule has 15 heavy (non-hydrogen) atoms. The first-order chi connectivity index (χ1) is 7.18. The van der Waals surface area contributed by atoms with Crippen LogP contribution in [0.25, 0.3) is 11.0 Å². The van der Waals surface area contributed by atoms with Gasteiger partial charge < -0.3 is 10.7 Å². The maximum absolute atomic E-state index is 11.8. The van der Waals surface area contributed by atoms with Crippen molar-refractivity contribution in [1.29, 1.82) is 0 Å². The molecule has 76 valence electrons. The summed E-state index contributed by atoms with van der Waals surface area (Å²) in [5.74, 6) is -0.540. The molecular formula is C9H8N4O2. The summed E-state index contributed by atoms with van der Waals surface area (Å²) in [6, 6.07) is 1.55. The van der Waals surface area contributed by atoms with Crippen LogP contribution in [-0.2, 0) is 11.2 Å². The lowest BCUT2D eigenvalue weighted by Crippen LogP contribution is -2.20. The molecule has 0 unspecified atom stereocenters. The predicted molar refractivity (Wildman–Crippen MR) is 53.1 cm³/mol. The second-order valence-electron chi connectivity index (χ2n) is 3.08. The second kappa shape index (κ2) is 3.49. The van der Waals surface area contributed by atoms with E-state index in [-0.39, 0.29) is 11.8 Å². The molecule has 2 aromatic heterocycles. The third-order valence-electron chi connectivity index (χ3n) is 2.00. The molecule has 2 aromatic rings. The van der Waals surface area contributed by atoms with Crippen LogP contribution in [0.1, 0.15) is 5.56 Å². The highest BCUT2D eigenvalue weighted by molar-refractivity contribution is 5.79. The minimum absolute atomic E-state index is 0.0758. The summed E-state index contributed by atoms with van der Waals surface area (Å²) >= 11 is 0. The van der Waals surface area contributed by atoms with Crippen molar-refractivity contribution in [3.8, 4) is 0 Å². The lowest BCUT2D eigenvalue weighted by atomic mass is 10.1. The van der Waals surface area contributed by atoms with Crippen LogP contribution in [0, 0.1) is 0 Å². The molecule has 0 fully saturated rings. The molecule has 2 rings (SSSR count). The van der Waals surface area contributed by atoms with E-state index in [2.05, 4.69) is 15.2 Å². The first kappa shape index (κ1) is 9.32. The highest BCUT2D eigenvalue weighted by atomic mass is 16.1. The highest BCUT2D eigenvalue weighted by Gasteiger charge is 2.07. The number of primary amides is 1. The van der Waals surface area contributed by atoms with Gasteiger partial charge in [0.25, 0.3) is 0 Å². The topological polar surface area (TPSA) is 102 Å². The number of H-pyrrole nitrogens is 1. The molecule has 0 radical (unpaired) electrons. The first-order valence-corrected chi connectivity index (χ1v) is 4.29. The van der Waals surface area contributed by atoms with Crippen LogP contribution >= 0.6 is 0 Å². The lowest BCUT2D eigenvalue weighted by molar-refractivity contribution is -0.117. The van der Waals surface area contributed by atoms with Crippen molar-refractivity contribution in [1.82, 2.24) is 15.2 Å². The fourth-order valence-corrected chi connectivity index (χ4v) is 1.33. The lowest BCUT2D eigenvalue weighted by Gasteiger charge is -1.99. The molecule has 0 spiro atoms. The van der Waals surface area contributed by atoms with Gasteiger partial charge in [-0.15, -0.1) is 5.10 Å². The minimum atomic E-state index is -0.540. The van der Waals surface area contributed by atoms with Crippen LogP contribution in [0.15, 0.2) is 23.3 Å². The van der Waals surface area contributed by atoms with Gasteiger partial charge in [-0.05, 0) is 6.07 Å². The molecule has 1 amide bonds. The molecule has 0 aliphatic carbocycles.